The van der Waals surface area contributed by atoms with Crippen molar-refractivity contribution in [2.45, 2.75) is 33.2 Å². The van der Waals surface area contributed by atoms with Gasteiger partial charge in [-0.1, -0.05) is 17.7 Å². The highest BCUT2D eigenvalue weighted by Crippen LogP contribution is 2.33. The van der Waals surface area contributed by atoms with E-state index >= 15 is 0 Å². The van der Waals surface area contributed by atoms with Crippen LogP contribution in [0.1, 0.15) is 28.8 Å². The molecule has 0 aliphatic carbocycles. The van der Waals surface area contributed by atoms with Gasteiger partial charge in [0.2, 0.25) is 0 Å². The number of pyridine rings is 1. The first kappa shape index (κ1) is 13.1. The Kier molecular flexibility index (Phi) is 3.45. The number of rotatable bonds is 2. The van der Waals surface area contributed by atoms with Gasteiger partial charge in [0.15, 0.2) is 0 Å². The molecule has 1 aliphatic heterocycles. The van der Waals surface area contributed by atoms with Crippen molar-refractivity contribution in [3.63, 3.8) is 0 Å². The highest BCUT2D eigenvalue weighted by molar-refractivity contribution is 5.66. The maximum atomic E-state index is 5.79. The summed E-state index contributed by atoms with van der Waals surface area (Å²) in [6.07, 6.45) is 2.33. The van der Waals surface area contributed by atoms with Crippen LogP contribution in [0.5, 0.6) is 0 Å². The molecular formula is C17H21N3. The summed E-state index contributed by atoms with van der Waals surface area (Å²) in [7, 11) is 0. The second-order valence-corrected chi connectivity index (χ2v) is 5.57. The fourth-order valence-electron chi connectivity index (χ4n) is 2.94. The lowest BCUT2D eigenvalue weighted by molar-refractivity contribution is 0.757. The van der Waals surface area contributed by atoms with Crippen LogP contribution < -0.4 is 10.6 Å². The smallest absolute Gasteiger partial charge is 0.133 e. The number of nitrogens with zero attached hydrogens (tertiary/aromatic N) is 2. The molecule has 3 heteroatoms. The van der Waals surface area contributed by atoms with Crippen molar-refractivity contribution in [3.8, 4) is 0 Å². The molecule has 2 aromatic rings. The van der Waals surface area contributed by atoms with Crippen molar-refractivity contribution in [1.29, 1.82) is 0 Å². The zero-order chi connectivity index (χ0) is 14.1. The number of aromatic nitrogens is 1. The minimum atomic E-state index is 0.560. The summed E-state index contributed by atoms with van der Waals surface area (Å²) in [6, 6.07) is 10.9. The number of anilines is 2. The molecule has 0 radical (unpaired) electrons. The maximum absolute atomic E-state index is 5.79. The number of nitrogens with two attached hydrogens (primary N) is 1. The van der Waals surface area contributed by atoms with Gasteiger partial charge in [0, 0.05) is 24.5 Å². The number of fused-ring (bicyclic) bond motifs is 1. The van der Waals surface area contributed by atoms with E-state index in [2.05, 4.69) is 42.2 Å². The average molecular weight is 267 g/mol. The lowest BCUT2D eigenvalue weighted by Crippen LogP contribution is -2.25. The highest BCUT2D eigenvalue weighted by atomic mass is 15.2. The molecule has 3 rings (SSSR count). The first-order valence-electron chi connectivity index (χ1n) is 7.22. The normalized spacial score (nSPS) is 14.2. The Morgan fingerprint density at radius 2 is 2.05 bits per heavy atom. The van der Waals surface area contributed by atoms with Crippen LogP contribution in [0.3, 0.4) is 0 Å². The highest BCUT2D eigenvalue weighted by Gasteiger charge is 2.19. The zero-order valence-electron chi connectivity index (χ0n) is 12.2. The van der Waals surface area contributed by atoms with Crippen molar-refractivity contribution in [3.05, 3.63) is 52.7 Å². The zero-order valence-corrected chi connectivity index (χ0v) is 12.2. The van der Waals surface area contributed by atoms with Crippen LogP contribution in [0.2, 0.25) is 0 Å². The number of benzene rings is 1. The first-order valence-corrected chi connectivity index (χ1v) is 7.22. The lowest BCUT2D eigenvalue weighted by atomic mass is 9.99. The SMILES string of the molecule is Cc1ccc2c(c1)CCCN2c1cc(CN)cc(C)n1. The maximum Gasteiger partial charge on any atom is 0.133 e. The van der Waals surface area contributed by atoms with Crippen molar-refractivity contribution in [2.75, 3.05) is 11.4 Å². The van der Waals surface area contributed by atoms with E-state index in [0.717, 1.165) is 30.0 Å². The molecule has 0 bridgehead atoms. The fourth-order valence-corrected chi connectivity index (χ4v) is 2.94. The predicted molar refractivity (Wildman–Crippen MR) is 83.4 cm³/mol. The number of aryl methyl sites for hydroxylation is 3. The van der Waals surface area contributed by atoms with Crippen LogP contribution >= 0.6 is 0 Å². The Hall–Kier alpha value is -1.87. The summed E-state index contributed by atoms with van der Waals surface area (Å²) in [5.41, 5.74) is 12.0. The van der Waals surface area contributed by atoms with Gasteiger partial charge in [0.1, 0.15) is 5.82 Å². The monoisotopic (exact) mass is 267 g/mol. The fraction of sp³-hybridized carbons (Fsp3) is 0.353. The Bertz CT molecular complexity index is 634. The van der Waals surface area contributed by atoms with Gasteiger partial charge in [0.25, 0.3) is 0 Å². The van der Waals surface area contributed by atoms with Gasteiger partial charge in [0.05, 0.1) is 0 Å². The third-order valence-electron chi connectivity index (χ3n) is 3.87. The topological polar surface area (TPSA) is 42.1 Å². The van der Waals surface area contributed by atoms with Gasteiger partial charge < -0.3 is 10.6 Å². The van der Waals surface area contributed by atoms with E-state index in [9.17, 15) is 0 Å². The van der Waals surface area contributed by atoms with E-state index in [1.807, 2.05) is 6.92 Å². The van der Waals surface area contributed by atoms with E-state index in [-0.39, 0.29) is 0 Å². The molecule has 0 fully saturated rings. The van der Waals surface area contributed by atoms with Gasteiger partial charge in [-0.15, -0.1) is 0 Å². The quantitative estimate of drug-likeness (QED) is 0.908. The van der Waals surface area contributed by atoms with Gasteiger partial charge in [-0.25, -0.2) is 4.98 Å². The van der Waals surface area contributed by atoms with E-state index in [0.29, 0.717) is 6.54 Å². The molecule has 0 saturated heterocycles. The molecule has 0 unspecified atom stereocenters. The van der Waals surface area contributed by atoms with Crippen LogP contribution in [-0.2, 0) is 13.0 Å². The first-order chi connectivity index (χ1) is 9.67. The van der Waals surface area contributed by atoms with E-state index in [4.69, 9.17) is 10.7 Å². The molecule has 0 amide bonds. The standard InChI is InChI=1S/C17H21N3/c1-12-5-6-16-15(8-12)4-3-7-20(16)17-10-14(11-18)9-13(2)19-17/h5-6,8-10H,3-4,7,11,18H2,1-2H3. The molecular weight excluding hydrogens is 246 g/mol. The van der Waals surface area contributed by atoms with Crippen LogP contribution in [0.4, 0.5) is 11.5 Å². The Labute approximate surface area is 120 Å². The Balaban J connectivity index is 2.06. The number of hydrogen-bond donors (Lipinski definition) is 1. The van der Waals surface area contributed by atoms with Crippen LogP contribution in [-0.4, -0.2) is 11.5 Å². The van der Waals surface area contributed by atoms with Gasteiger partial charge in [-0.3, -0.25) is 0 Å². The molecule has 1 aromatic heterocycles. The number of hydrogen-bond acceptors (Lipinski definition) is 3. The molecule has 1 aromatic carbocycles. The second-order valence-electron chi connectivity index (χ2n) is 5.57. The van der Waals surface area contributed by atoms with Crippen LogP contribution in [0.15, 0.2) is 30.3 Å². The molecule has 2 heterocycles. The molecule has 1 aliphatic rings. The molecule has 2 N–H and O–H groups in total. The Morgan fingerprint density at radius 1 is 1.20 bits per heavy atom. The molecule has 104 valence electrons. The third kappa shape index (κ3) is 2.41. The largest absolute Gasteiger partial charge is 0.326 e. The molecule has 20 heavy (non-hydrogen) atoms. The molecule has 0 spiro atoms. The van der Waals surface area contributed by atoms with Gasteiger partial charge in [-0.2, -0.15) is 0 Å². The summed E-state index contributed by atoms with van der Waals surface area (Å²) in [4.78, 5) is 7.02. The summed E-state index contributed by atoms with van der Waals surface area (Å²) < 4.78 is 0. The Morgan fingerprint density at radius 3 is 2.85 bits per heavy atom. The minimum absolute atomic E-state index is 0.560. The van der Waals surface area contributed by atoms with E-state index in [1.165, 1.54) is 23.2 Å². The molecule has 3 nitrogen and oxygen atoms in total. The summed E-state index contributed by atoms with van der Waals surface area (Å²) in [5.74, 6) is 1.02. The average Bonchev–Trinajstić information content (AvgIpc) is 2.45. The summed E-state index contributed by atoms with van der Waals surface area (Å²) in [5, 5.41) is 0. The third-order valence-corrected chi connectivity index (χ3v) is 3.87. The lowest BCUT2D eigenvalue weighted by Gasteiger charge is -2.31. The van der Waals surface area contributed by atoms with Crippen LogP contribution in [0.25, 0.3) is 0 Å². The van der Waals surface area contributed by atoms with E-state index in [1.54, 1.807) is 0 Å². The van der Waals surface area contributed by atoms with Crippen molar-refractivity contribution in [1.82, 2.24) is 4.98 Å². The minimum Gasteiger partial charge on any atom is -0.326 e. The second kappa shape index (κ2) is 5.25. The van der Waals surface area contributed by atoms with Gasteiger partial charge in [-0.05, 0) is 56.0 Å². The predicted octanol–water partition coefficient (Wildman–Crippen LogP) is 3.24. The van der Waals surface area contributed by atoms with Crippen LogP contribution in [0, 0.1) is 13.8 Å². The van der Waals surface area contributed by atoms with Crippen molar-refractivity contribution >= 4 is 11.5 Å². The molecule has 0 saturated carbocycles. The van der Waals surface area contributed by atoms with E-state index < -0.39 is 0 Å². The summed E-state index contributed by atoms with van der Waals surface area (Å²) >= 11 is 0. The van der Waals surface area contributed by atoms with Crippen molar-refractivity contribution < 1.29 is 0 Å². The summed E-state index contributed by atoms with van der Waals surface area (Å²) in [6.45, 7) is 5.76. The molecule has 0 atom stereocenters. The van der Waals surface area contributed by atoms with Gasteiger partial charge >= 0.3 is 0 Å². The van der Waals surface area contributed by atoms with Crippen molar-refractivity contribution in [2.24, 2.45) is 5.73 Å².